The van der Waals surface area contributed by atoms with Crippen molar-refractivity contribution in [2.24, 2.45) is 0 Å². The number of nitrogens with one attached hydrogen (secondary N) is 1. The maximum absolute atomic E-state index is 12.1. The van der Waals surface area contributed by atoms with Crippen LogP contribution in [0.4, 0.5) is 0 Å². The number of phenolic OH excluding ortho intramolecular Hbond substituents is 1. The summed E-state index contributed by atoms with van der Waals surface area (Å²) in [5, 5.41) is 12.6. The summed E-state index contributed by atoms with van der Waals surface area (Å²) in [6.07, 6.45) is 4.46. The summed E-state index contributed by atoms with van der Waals surface area (Å²) in [6, 6.07) is 5.03. The zero-order valence-electron chi connectivity index (χ0n) is 9.83. The van der Waals surface area contributed by atoms with Crippen molar-refractivity contribution in [3.05, 3.63) is 28.2 Å². The van der Waals surface area contributed by atoms with Crippen LogP contribution in [-0.4, -0.2) is 21.9 Å². The molecule has 0 saturated heterocycles. The molecule has 0 spiro atoms. The van der Waals surface area contributed by atoms with Crippen molar-refractivity contribution in [1.82, 2.24) is 5.32 Å². The second-order valence-corrected chi connectivity index (χ2v) is 6.58. The van der Waals surface area contributed by atoms with E-state index in [9.17, 15) is 9.90 Å². The molecule has 1 aromatic rings. The van der Waals surface area contributed by atoms with Crippen LogP contribution in [0.2, 0.25) is 0 Å². The zero-order chi connectivity index (χ0) is 13.1. The molecule has 2 rings (SSSR count). The number of phenols is 1. The first kappa shape index (κ1) is 13.9. The van der Waals surface area contributed by atoms with Gasteiger partial charge in [-0.15, -0.1) is 0 Å². The first-order chi connectivity index (χ1) is 8.58. The Labute approximate surface area is 123 Å². The number of hydrogen-bond donors (Lipinski definition) is 2. The van der Waals surface area contributed by atoms with Gasteiger partial charge in [0, 0.05) is 16.4 Å². The Bertz CT molecular complexity index is 451. The van der Waals surface area contributed by atoms with E-state index in [2.05, 4.69) is 37.2 Å². The smallest absolute Gasteiger partial charge is 0.251 e. The number of alkyl halides is 1. The molecular formula is C13H15Br2NO2. The van der Waals surface area contributed by atoms with Gasteiger partial charge in [0.05, 0.1) is 4.47 Å². The Morgan fingerprint density at radius 2 is 2.06 bits per heavy atom. The van der Waals surface area contributed by atoms with Crippen LogP contribution >= 0.6 is 31.9 Å². The molecule has 18 heavy (non-hydrogen) atoms. The van der Waals surface area contributed by atoms with E-state index in [1.807, 2.05) is 0 Å². The summed E-state index contributed by atoms with van der Waals surface area (Å²) in [7, 11) is 0. The van der Waals surface area contributed by atoms with E-state index in [-0.39, 0.29) is 17.7 Å². The third-order valence-corrected chi connectivity index (χ3v) is 4.97. The van der Waals surface area contributed by atoms with Gasteiger partial charge in [0.1, 0.15) is 5.75 Å². The van der Waals surface area contributed by atoms with Crippen molar-refractivity contribution in [3.8, 4) is 5.75 Å². The van der Waals surface area contributed by atoms with Gasteiger partial charge < -0.3 is 10.4 Å². The summed E-state index contributed by atoms with van der Waals surface area (Å²) in [6.45, 7) is 0. The Morgan fingerprint density at radius 1 is 1.33 bits per heavy atom. The van der Waals surface area contributed by atoms with Crippen LogP contribution in [0.15, 0.2) is 22.7 Å². The van der Waals surface area contributed by atoms with Crippen molar-refractivity contribution >= 4 is 37.8 Å². The summed E-state index contributed by atoms with van der Waals surface area (Å²) in [5.41, 5.74) is 0.487. The topological polar surface area (TPSA) is 49.3 Å². The van der Waals surface area contributed by atoms with Crippen LogP contribution in [0.3, 0.4) is 0 Å². The quantitative estimate of drug-likeness (QED) is 0.775. The molecule has 0 aliphatic heterocycles. The molecule has 0 heterocycles. The Balaban J connectivity index is 2.04. The molecule has 5 heteroatoms. The number of benzene rings is 1. The second kappa shape index (κ2) is 6.06. The number of amides is 1. The molecule has 1 amide bonds. The lowest BCUT2D eigenvalue weighted by Crippen LogP contribution is -2.42. The maximum atomic E-state index is 12.1. The molecule has 0 radical (unpaired) electrons. The molecule has 98 valence electrons. The minimum Gasteiger partial charge on any atom is -0.507 e. The third-order valence-electron chi connectivity index (χ3n) is 3.21. The molecule has 0 bridgehead atoms. The van der Waals surface area contributed by atoms with Crippen molar-refractivity contribution in [2.75, 3.05) is 0 Å². The highest BCUT2D eigenvalue weighted by atomic mass is 79.9. The van der Waals surface area contributed by atoms with Gasteiger partial charge >= 0.3 is 0 Å². The number of aromatic hydroxyl groups is 1. The van der Waals surface area contributed by atoms with E-state index in [4.69, 9.17) is 0 Å². The Kier molecular flexibility index (Phi) is 4.67. The monoisotopic (exact) mass is 375 g/mol. The van der Waals surface area contributed by atoms with Gasteiger partial charge in [-0.2, -0.15) is 0 Å². The van der Waals surface area contributed by atoms with E-state index in [0.717, 1.165) is 19.3 Å². The fraction of sp³-hybridized carbons (Fsp3) is 0.462. The number of carbonyl (C=O) groups is 1. The molecule has 1 saturated carbocycles. The van der Waals surface area contributed by atoms with Crippen LogP contribution in [0, 0.1) is 0 Å². The molecule has 0 aromatic heterocycles. The highest BCUT2D eigenvalue weighted by Gasteiger charge is 2.24. The lowest BCUT2D eigenvalue weighted by molar-refractivity contribution is 0.0929. The predicted octanol–water partition coefficient (Wildman–Crippen LogP) is 3.59. The number of rotatable bonds is 2. The van der Waals surface area contributed by atoms with Crippen molar-refractivity contribution in [2.45, 2.75) is 36.6 Å². The molecule has 2 atom stereocenters. The molecular weight excluding hydrogens is 362 g/mol. The highest BCUT2D eigenvalue weighted by molar-refractivity contribution is 9.10. The normalized spacial score (nSPS) is 23.7. The van der Waals surface area contributed by atoms with Crippen molar-refractivity contribution in [1.29, 1.82) is 0 Å². The van der Waals surface area contributed by atoms with Gasteiger partial charge in [-0.25, -0.2) is 0 Å². The van der Waals surface area contributed by atoms with Gasteiger partial charge in [0.25, 0.3) is 5.91 Å². The highest BCUT2D eigenvalue weighted by Crippen LogP contribution is 2.26. The fourth-order valence-corrected chi connectivity index (χ4v) is 3.12. The van der Waals surface area contributed by atoms with Crippen LogP contribution in [0.1, 0.15) is 36.0 Å². The Morgan fingerprint density at radius 3 is 2.72 bits per heavy atom. The average Bonchev–Trinajstić information content (AvgIpc) is 2.35. The second-order valence-electron chi connectivity index (χ2n) is 4.55. The molecule has 2 N–H and O–H groups in total. The number of halogens is 2. The van der Waals surface area contributed by atoms with Gasteiger partial charge in [-0.1, -0.05) is 28.8 Å². The predicted molar refractivity (Wildman–Crippen MR) is 78.2 cm³/mol. The third kappa shape index (κ3) is 3.26. The standard InChI is InChI=1S/C13H15Br2NO2/c14-9-3-1-2-4-11(9)16-13(18)8-5-6-10(15)12(17)7-8/h5-7,9,11,17H,1-4H2,(H,16,18). The lowest BCUT2D eigenvalue weighted by atomic mass is 9.95. The van der Waals surface area contributed by atoms with Gasteiger partial charge in [-0.05, 0) is 47.0 Å². The number of hydrogen-bond acceptors (Lipinski definition) is 2. The SMILES string of the molecule is O=C(NC1CCCCC1Br)c1ccc(Br)c(O)c1. The van der Waals surface area contributed by atoms with E-state index in [0.29, 0.717) is 14.9 Å². The molecule has 1 aromatic carbocycles. The van der Waals surface area contributed by atoms with Gasteiger partial charge in [0.15, 0.2) is 0 Å². The summed E-state index contributed by atoms with van der Waals surface area (Å²) >= 11 is 6.81. The van der Waals surface area contributed by atoms with Crippen molar-refractivity contribution < 1.29 is 9.90 Å². The van der Waals surface area contributed by atoms with Gasteiger partial charge in [-0.3, -0.25) is 4.79 Å². The summed E-state index contributed by atoms with van der Waals surface area (Å²) < 4.78 is 0.593. The molecule has 2 unspecified atom stereocenters. The first-order valence-electron chi connectivity index (χ1n) is 6.01. The van der Waals surface area contributed by atoms with Crippen LogP contribution in [0.25, 0.3) is 0 Å². The number of carbonyl (C=O) groups excluding carboxylic acids is 1. The lowest BCUT2D eigenvalue weighted by Gasteiger charge is -2.28. The van der Waals surface area contributed by atoms with Crippen LogP contribution in [0.5, 0.6) is 5.75 Å². The van der Waals surface area contributed by atoms with Crippen molar-refractivity contribution in [3.63, 3.8) is 0 Å². The summed E-state index contributed by atoms with van der Waals surface area (Å²) in [4.78, 5) is 12.4. The first-order valence-corrected chi connectivity index (χ1v) is 7.72. The maximum Gasteiger partial charge on any atom is 0.251 e. The molecule has 1 fully saturated rings. The van der Waals surface area contributed by atoms with Gasteiger partial charge in [0.2, 0.25) is 0 Å². The van der Waals surface area contributed by atoms with E-state index in [1.54, 1.807) is 12.1 Å². The van der Waals surface area contributed by atoms with E-state index < -0.39 is 0 Å². The zero-order valence-corrected chi connectivity index (χ0v) is 13.0. The van der Waals surface area contributed by atoms with E-state index in [1.165, 1.54) is 12.5 Å². The fourth-order valence-electron chi connectivity index (χ4n) is 2.15. The average molecular weight is 377 g/mol. The molecule has 3 nitrogen and oxygen atoms in total. The molecule has 1 aliphatic carbocycles. The largest absolute Gasteiger partial charge is 0.507 e. The minimum atomic E-state index is -0.130. The van der Waals surface area contributed by atoms with Crippen LogP contribution < -0.4 is 5.32 Å². The van der Waals surface area contributed by atoms with E-state index >= 15 is 0 Å². The van der Waals surface area contributed by atoms with Crippen LogP contribution in [-0.2, 0) is 0 Å². The minimum absolute atomic E-state index is 0.0849. The summed E-state index contributed by atoms with van der Waals surface area (Å²) in [5.74, 6) is -0.0455. The Hall–Kier alpha value is -0.550. The molecule has 1 aliphatic rings.